The minimum absolute atomic E-state index is 0.423. The van der Waals surface area contributed by atoms with E-state index in [0.717, 1.165) is 35.7 Å². The van der Waals surface area contributed by atoms with Crippen LogP contribution < -0.4 is 10.6 Å². The Bertz CT molecular complexity index is 998. The highest BCUT2D eigenvalue weighted by molar-refractivity contribution is 5.68. The topological polar surface area (TPSA) is 13.1 Å². The van der Waals surface area contributed by atoms with Crippen LogP contribution in [0.1, 0.15) is 49.5 Å². The summed E-state index contributed by atoms with van der Waals surface area (Å²) >= 11 is 0. The molecule has 0 saturated heterocycles. The fourth-order valence-corrected chi connectivity index (χ4v) is 3.99. The predicted molar refractivity (Wildman–Crippen MR) is 110 cm³/mol. The highest BCUT2D eigenvalue weighted by atomic mass is 16.3. The Kier molecular flexibility index (Phi) is 4.55. The van der Waals surface area contributed by atoms with Gasteiger partial charge < -0.3 is 4.42 Å². The summed E-state index contributed by atoms with van der Waals surface area (Å²) in [6.45, 7) is 8.77. The van der Waals surface area contributed by atoms with Gasteiger partial charge in [0.15, 0.2) is 0 Å². The van der Waals surface area contributed by atoms with Gasteiger partial charge in [-0.3, -0.25) is 0 Å². The summed E-state index contributed by atoms with van der Waals surface area (Å²) in [6, 6.07) is 10.7. The van der Waals surface area contributed by atoms with Gasteiger partial charge in [-0.05, 0) is 42.4 Å². The fraction of sp³-hybridized carbons (Fsp3) is 0.280. The highest BCUT2D eigenvalue weighted by Crippen LogP contribution is 2.30. The number of furan rings is 1. The SMILES string of the molecule is C=c1c2c(o/c1=C(/C)C1=CC(c3ccccc3)CC=C1)CC(C)CC=C2. The molecule has 2 unspecified atom stereocenters. The van der Waals surface area contributed by atoms with E-state index in [1.165, 1.54) is 22.3 Å². The smallest absolute Gasteiger partial charge is 0.137 e. The molecule has 0 spiro atoms. The molecule has 2 aliphatic rings. The molecule has 1 heterocycles. The molecule has 0 fully saturated rings. The lowest BCUT2D eigenvalue weighted by Gasteiger charge is -2.17. The first-order valence-corrected chi connectivity index (χ1v) is 9.55. The minimum atomic E-state index is 0.423. The number of fused-ring (bicyclic) bond motifs is 1. The van der Waals surface area contributed by atoms with E-state index in [1.54, 1.807) is 0 Å². The van der Waals surface area contributed by atoms with Gasteiger partial charge in [-0.15, -0.1) is 0 Å². The first-order chi connectivity index (χ1) is 12.6. The third kappa shape index (κ3) is 3.14. The van der Waals surface area contributed by atoms with Crippen molar-refractivity contribution in [3.8, 4) is 0 Å². The van der Waals surface area contributed by atoms with Gasteiger partial charge in [0.25, 0.3) is 0 Å². The van der Waals surface area contributed by atoms with Crippen LogP contribution in [0.15, 0.2) is 64.6 Å². The van der Waals surface area contributed by atoms with Crippen LogP contribution in [-0.2, 0) is 6.42 Å². The van der Waals surface area contributed by atoms with Crippen molar-refractivity contribution in [2.24, 2.45) is 5.92 Å². The second-order valence-electron chi connectivity index (χ2n) is 7.60. The molecule has 0 amide bonds. The van der Waals surface area contributed by atoms with Crippen molar-refractivity contribution in [2.45, 2.75) is 39.0 Å². The molecule has 2 aromatic rings. The van der Waals surface area contributed by atoms with Gasteiger partial charge in [-0.25, -0.2) is 0 Å². The molecule has 2 atom stereocenters. The lowest BCUT2D eigenvalue weighted by molar-refractivity contribution is 0.440. The molecular weight excluding hydrogens is 316 g/mol. The van der Waals surface area contributed by atoms with Crippen molar-refractivity contribution in [1.82, 2.24) is 0 Å². The van der Waals surface area contributed by atoms with E-state index in [4.69, 9.17) is 4.42 Å². The van der Waals surface area contributed by atoms with Crippen LogP contribution in [0, 0.1) is 5.92 Å². The fourth-order valence-electron chi connectivity index (χ4n) is 3.99. The van der Waals surface area contributed by atoms with Gasteiger partial charge in [-0.2, -0.15) is 0 Å². The molecule has 1 heteroatoms. The Morgan fingerprint density at radius 1 is 1.08 bits per heavy atom. The Hall–Kier alpha value is -2.54. The first-order valence-electron chi connectivity index (χ1n) is 9.55. The summed E-state index contributed by atoms with van der Waals surface area (Å²) in [5.41, 5.74) is 5.92. The van der Waals surface area contributed by atoms with Crippen molar-refractivity contribution >= 4 is 18.2 Å². The van der Waals surface area contributed by atoms with Crippen LogP contribution >= 0.6 is 0 Å². The van der Waals surface area contributed by atoms with Gasteiger partial charge in [-0.1, -0.05) is 74.2 Å². The monoisotopic (exact) mass is 342 g/mol. The average Bonchev–Trinajstić information content (AvgIpc) is 2.85. The van der Waals surface area contributed by atoms with Crippen molar-refractivity contribution in [3.63, 3.8) is 0 Å². The van der Waals surface area contributed by atoms with Gasteiger partial charge in [0.1, 0.15) is 11.2 Å². The number of allylic oxidation sites excluding steroid dienone is 5. The molecule has 26 heavy (non-hydrogen) atoms. The van der Waals surface area contributed by atoms with E-state index in [9.17, 15) is 0 Å². The van der Waals surface area contributed by atoms with E-state index in [0.29, 0.717) is 11.8 Å². The van der Waals surface area contributed by atoms with Crippen molar-refractivity contribution < 1.29 is 4.42 Å². The van der Waals surface area contributed by atoms with Crippen LogP contribution in [0.3, 0.4) is 0 Å². The zero-order valence-corrected chi connectivity index (χ0v) is 15.7. The Morgan fingerprint density at radius 3 is 2.65 bits per heavy atom. The standard InChI is InChI=1S/C25H26O/c1-17-9-7-14-23-19(3)25(26-24(23)15-17)18(2)21-12-8-13-22(16-21)20-10-5-4-6-11-20/h4-8,10-12,14,16-17,22H,3,9,13,15H2,1-2H3/b25-18-. The normalized spacial score (nSPS) is 23.2. The lowest BCUT2D eigenvalue weighted by Crippen LogP contribution is -2.23. The summed E-state index contributed by atoms with van der Waals surface area (Å²) in [5.74, 6) is 2.13. The summed E-state index contributed by atoms with van der Waals surface area (Å²) < 4.78 is 6.32. The molecular formula is C25H26O. The van der Waals surface area contributed by atoms with Crippen molar-refractivity contribution in [1.29, 1.82) is 0 Å². The number of hydrogen-bond acceptors (Lipinski definition) is 1. The van der Waals surface area contributed by atoms with E-state index in [-0.39, 0.29) is 0 Å². The van der Waals surface area contributed by atoms with Gasteiger partial charge >= 0.3 is 0 Å². The summed E-state index contributed by atoms with van der Waals surface area (Å²) in [7, 11) is 0. The second kappa shape index (κ2) is 6.99. The molecule has 0 radical (unpaired) electrons. The van der Waals surface area contributed by atoms with Crippen molar-refractivity contribution in [3.05, 3.63) is 87.7 Å². The maximum absolute atomic E-state index is 6.32. The van der Waals surface area contributed by atoms with Crippen LogP contribution in [0.25, 0.3) is 18.2 Å². The minimum Gasteiger partial charge on any atom is -0.460 e. The molecule has 0 N–H and O–H groups in total. The first kappa shape index (κ1) is 16.9. The molecule has 1 aromatic heterocycles. The molecule has 132 valence electrons. The second-order valence-corrected chi connectivity index (χ2v) is 7.60. The molecule has 0 bridgehead atoms. The summed E-state index contributed by atoms with van der Waals surface area (Å²) in [6.07, 6.45) is 14.5. The van der Waals surface area contributed by atoms with E-state index in [2.05, 4.69) is 81.1 Å². The van der Waals surface area contributed by atoms with Crippen LogP contribution in [0.4, 0.5) is 0 Å². The van der Waals surface area contributed by atoms with Crippen LogP contribution in [-0.4, -0.2) is 0 Å². The molecule has 1 nitrogen and oxygen atoms in total. The van der Waals surface area contributed by atoms with Gasteiger partial charge in [0.05, 0.1) is 0 Å². The third-order valence-corrected chi connectivity index (χ3v) is 5.55. The van der Waals surface area contributed by atoms with E-state index < -0.39 is 0 Å². The average molecular weight is 342 g/mol. The zero-order chi connectivity index (χ0) is 18.1. The summed E-state index contributed by atoms with van der Waals surface area (Å²) in [5, 5.41) is 1.03. The third-order valence-electron chi connectivity index (χ3n) is 5.55. The lowest BCUT2D eigenvalue weighted by atomic mass is 9.87. The maximum Gasteiger partial charge on any atom is 0.137 e. The van der Waals surface area contributed by atoms with Gasteiger partial charge in [0.2, 0.25) is 0 Å². The molecule has 2 aliphatic carbocycles. The largest absolute Gasteiger partial charge is 0.460 e. The van der Waals surface area contributed by atoms with Crippen molar-refractivity contribution in [2.75, 3.05) is 0 Å². The van der Waals surface area contributed by atoms with Gasteiger partial charge in [0, 0.05) is 23.1 Å². The molecule has 4 rings (SSSR count). The Labute approximate surface area is 155 Å². The molecule has 0 aliphatic heterocycles. The Morgan fingerprint density at radius 2 is 1.85 bits per heavy atom. The number of rotatable bonds is 2. The number of benzene rings is 1. The quantitative estimate of drug-likeness (QED) is 0.738. The van der Waals surface area contributed by atoms with Crippen LogP contribution in [0.2, 0.25) is 0 Å². The zero-order valence-electron chi connectivity index (χ0n) is 15.7. The Balaban J connectivity index is 1.78. The highest BCUT2D eigenvalue weighted by Gasteiger charge is 2.17. The predicted octanol–water partition coefficient (Wildman–Crippen LogP) is 5.13. The van der Waals surface area contributed by atoms with Crippen LogP contribution in [0.5, 0.6) is 0 Å². The summed E-state index contributed by atoms with van der Waals surface area (Å²) in [4.78, 5) is 0. The van der Waals surface area contributed by atoms with E-state index >= 15 is 0 Å². The molecule has 0 saturated carbocycles. The maximum atomic E-state index is 6.32. The van der Waals surface area contributed by atoms with E-state index in [1.807, 2.05) is 0 Å². The number of hydrogen-bond donors (Lipinski definition) is 0. The molecule has 1 aromatic carbocycles.